The van der Waals surface area contributed by atoms with Gasteiger partial charge >= 0.3 is 6.18 Å². The summed E-state index contributed by atoms with van der Waals surface area (Å²) in [5.74, 6) is -0.559. The molecule has 25 heavy (non-hydrogen) atoms. The average molecular weight is 367 g/mol. The monoisotopic (exact) mass is 366 g/mol. The van der Waals surface area contributed by atoms with Crippen molar-refractivity contribution in [3.8, 4) is 0 Å². The van der Waals surface area contributed by atoms with E-state index in [1.807, 2.05) is 35.2 Å². The van der Waals surface area contributed by atoms with Crippen LogP contribution in [0.25, 0.3) is 0 Å². The highest BCUT2D eigenvalue weighted by atomic mass is 35.5. The van der Waals surface area contributed by atoms with Crippen LogP contribution in [-0.2, 0) is 10.3 Å². The van der Waals surface area contributed by atoms with Gasteiger partial charge in [-0.15, -0.1) is 0 Å². The Bertz CT molecular complexity index is 840. The minimum absolute atomic E-state index is 0.0583. The third-order valence-corrected chi connectivity index (χ3v) is 5.00. The van der Waals surface area contributed by atoms with Gasteiger partial charge in [0.25, 0.3) is 0 Å². The summed E-state index contributed by atoms with van der Waals surface area (Å²) < 4.78 is 39.0. The molecular weight excluding hydrogens is 353 g/mol. The molecular formula is C18H14ClF3N2O. The maximum Gasteiger partial charge on any atom is 0.406 e. The van der Waals surface area contributed by atoms with Gasteiger partial charge in [0.05, 0.1) is 12.1 Å². The van der Waals surface area contributed by atoms with Gasteiger partial charge in [0.1, 0.15) is 6.54 Å². The van der Waals surface area contributed by atoms with Crippen LogP contribution in [0, 0.1) is 0 Å². The number of rotatable bonds is 2. The van der Waals surface area contributed by atoms with Crippen molar-refractivity contribution in [2.45, 2.75) is 11.7 Å². The van der Waals surface area contributed by atoms with Gasteiger partial charge in [-0.1, -0.05) is 41.9 Å². The molecule has 2 aromatic carbocycles. The molecule has 2 heterocycles. The van der Waals surface area contributed by atoms with Crippen molar-refractivity contribution < 1.29 is 18.0 Å². The van der Waals surface area contributed by atoms with E-state index < -0.39 is 24.2 Å². The maximum atomic E-state index is 13.0. The predicted molar refractivity (Wildman–Crippen MR) is 88.7 cm³/mol. The van der Waals surface area contributed by atoms with Gasteiger partial charge in [0.2, 0.25) is 5.91 Å². The van der Waals surface area contributed by atoms with E-state index in [1.165, 1.54) is 12.1 Å². The normalized spacial score (nSPS) is 25.2. The zero-order chi connectivity index (χ0) is 17.8. The lowest BCUT2D eigenvalue weighted by Crippen LogP contribution is -2.41. The van der Waals surface area contributed by atoms with Crippen LogP contribution >= 0.6 is 11.6 Å². The number of carbonyl (C=O) groups excluding carboxylic acids is 1. The van der Waals surface area contributed by atoms with Gasteiger partial charge in [0, 0.05) is 22.8 Å². The van der Waals surface area contributed by atoms with Crippen LogP contribution in [0.5, 0.6) is 0 Å². The first kappa shape index (κ1) is 16.4. The number of alkyl halides is 3. The molecule has 0 saturated carbocycles. The number of anilines is 1. The van der Waals surface area contributed by atoms with Crippen LogP contribution in [-0.4, -0.2) is 36.6 Å². The number of halogens is 4. The summed E-state index contributed by atoms with van der Waals surface area (Å²) in [4.78, 5) is 15.2. The average Bonchev–Trinajstić information content (AvgIpc) is 3.28. The standard InChI is InChI=1S/C18H14ClF3N2O/c19-13-6-7-15-14(8-13)17(12-4-2-1-3-5-12)10-23(17)9-16(25)24(15)11-18(20,21)22/h1-8H,9-11H2. The summed E-state index contributed by atoms with van der Waals surface area (Å²) in [7, 11) is 0. The molecule has 2 aromatic rings. The second-order valence-corrected chi connectivity index (χ2v) is 6.78. The summed E-state index contributed by atoms with van der Waals surface area (Å²) in [6.07, 6.45) is -4.48. The molecule has 0 radical (unpaired) electrons. The Morgan fingerprint density at radius 1 is 1.12 bits per heavy atom. The molecule has 0 bridgehead atoms. The summed E-state index contributed by atoms with van der Waals surface area (Å²) >= 11 is 6.14. The van der Waals surface area contributed by atoms with E-state index in [9.17, 15) is 18.0 Å². The zero-order valence-electron chi connectivity index (χ0n) is 13.1. The van der Waals surface area contributed by atoms with Crippen LogP contribution in [0.15, 0.2) is 48.5 Å². The summed E-state index contributed by atoms with van der Waals surface area (Å²) in [6.45, 7) is -0.785. The molecule has 0 spiro atoms. The number of fused-ring (bicyclic) bond motifs is 3. The number of benzene rings is 2. The Balaban J connectivity index is 1.90. The van der Waals surface area contributed by atoms with E-state index in [0.717, 1.165) is 10.5 Å². The molecule has 0 aliphatic carbocycles. The van der Waals surface area contributed by atoms with Crippen molar-refractivity contribution in [2.75, 3.05) is 24.5 Å². The van der Waals surface area contributed by atoms with Crippen LogP contribution in [0.3, 0.4) is 0 Å². The van der Waals surface area contributed by atoms with E-state index in [2.05, 4.69) is 0 Å². The van der Waals surface area contributed by atoms with Crippen molar-refractivity contribution in [3.63, 3.8) is 0 Å². The number of carbonyl (C=O) groups is 1. The molecule has 7 heteroatoms. The number of nitrogens with zero attached hydrogens (tertiary/aromatic N) is 2. The SMILES string of the molecule is O=C1CN2CC2(c2ccccc2)c2cc(Cl)ccc2N1CC(F)(F)F. The smallest absolute Gasteiger partial charge is 0.302 e. The number of amides is 1. The van der Waals surface area contributed by atoms with E-state index in [1.54, 1.807) is 6.07 Å². The minimum atomic E-state index is -4.48. The van der Waals surface area contributed by atoms with Gasteiger partial charge in [-0.05, 0) is 23.8 Å². The second kappa shape index (κ2) is 5.47. The first-order valence-electron chi connectivity index (χ1n) is 7.79. The zero-order valence-corrected chi connectivity index (χ0v) is 13.8. The fourth-order valence-corrected chi connectivity index (χ4v) is 3.81. The number of hydrogen-bond acceptors (Lipinski definition) is 2. The Morgan fingerprint density at radius 2 is 1.84 bits per heavy atom. The molecule has 130 valence electrons. The first-order valence-corrected chi connectivity index (χ1v) is 8.17. The molecule has 2 unspecified atom stereocenters. The maximum absolute atomic E-state index is 13.0. The molecule has 1 saturated heterocycles. The van der Waals surface area contributed by atoms with Gasteiger partial charge < -0.3 is 4.90 Å². The molecule has 1 amide bonds. The lowest BCUT2D eigenvalue weighted by molar-refractivity contribution is -0.132. The minimum Gasteiger partial charge on any atom is -0.302 e. The first-order chi connectivity index (χ1) is 11.8. The van der Waals surface area contributed by atoms with Crippen molar-refractivity contribution in [1.29, 1.82) is 0 Å². The fourth-order valence-electron chi connectivity index (χ4n) is 3.64. The van der Waals surface area contributed by atoms with E-state index in [-0.39, 0.29) is 12.2 Å². The third kappa shape index (κ3) is 2.69. The van der Waals surface area contributed by atoms with Gasteiger partial charge in [-0.3, -0.25) is 9.69 Å². The lowest BCUT2D eigenvalue weighted by atomic mass is 9.89. The van der Waals surface area contributed by atoms with E-state index in [4.69, 9.17) is 11.6 Å². The predicted octanol–water partition coefficient (Wildman–Crippen LogP) is 3.81. The Morgan fingerprint density at radius 3 is 2.52 bits per heavy atom. The topological polar surface area (TPSA) is 23.3 Å². The second-order valence-electron chi connectivity index (χ2n) is 6.34. The Kier molecular flexibility index (Phi) is 3.60. The summed E-state index contributed by atoms with van der Waals surface area (Å²) in [5, 5.41) is 0.433. The van der Waals surface area contributed by atoms with Crippen LogP contribution in [0.1, 0.15) is 11.1 Å². The highest BCUT2D eigenvalue weighted by Crippen LogP contribution is 2.53. The van der Waals surface area contributed by atoms with Gasteiger partial charge in [-0.2, -0.15) is 13.2 Å². The van der Waals surface area contributed by atoms with Crippen molar-refractivity contribution in [1.82, 2.24) is 4.90 Å². The van der Waals surface area contributed by atoms with Gasteiger partial charge in [-0.25, -0.2) is 0 Å². The highest BCUT2D eigenvalue weighted by Gasteiger charge is 2.59. The van der Waals surface area contributed by atoms with Crippen LogP contribution in [0.4, 0.5) is 18.9 Å². The molecule has 0 N–H and O–H groups in total. The van der Waals surface area contributed by atoms with Crippen molar-refractivity contribution >= 4 is 23.2 Å². The van der Waals surface area contributed by atoms with E-state index >= 15 is 0 Å². The molecule has 4 rings (SSSR count). The van der Waals surface area contributed by atoms with Crippen molar-refractivity contribution in [2.24, 2.45) is 0 Å². The third-order valence-electron chi connectivity index (χ3n) is 4.77. The fraction of sp³-hybridized carbons (Fsp3) is 0.278. The summed E-state index contributed by atoms with van der Waals surface area (Å²) in [5.41, 5.74) is 1.26. The molecule has 2 aliphatic heterocycles. The largest absolute Gasteiger partial charge is 0.406 e. The molecule has 2 atom stereocenters. The van der Waals surface area contributed by atoms with Crippen molar-refractivity contribution in [3.05, 3.63) is 64.7 Å². The molecule has 3 nitrogen and oxygen atoms in total. The summed E-state index contributed by atoms with van der Waals surface area (Å²) in [6, 6.07) is 14.2. The lowest BCUT2D eigenvalue weighted by Gasteiger charge is -2.26. The van der Waals surface area contributed by atoms with E-state index in [0.29, 0.717) is 17.1 Å². The molecule has 0 aromatic heterocycles. The molecule has 2 aliphatic rings. The Labute approximate surface area is 147 Å². The van der Waals surface area contributed by atoms with Gasteiger partial charge in [0.15, 0.2) is 0 Å². The van der Waals surface area contributed by atoms with Crippen LogP contribution < -0.4 is 4.90 Å². The van der Waals surface area contributed by atoms with Crippen LogP contribution in [0.2, 0.25) is 5.02 Å². The Hall–Kier alpha value is -2.05. The quantitative estimate of drug-likeness (QED) is 0.754. The number of hydrogen-bond donors (Lipinski definition) is 0. The molecule has 1 fully saturated rings. The highest BCUT2D eigenvalue weighted by molar-refractivity contribution is 6.30.